The van der Waals surface area contributed by atoms with E-state index in [9.17, 15) is 20.4 Å². The molecule has 0 saturated heterocycles. The van der Waals surface area contributed by atoms with Crippen molar-refractivity contribution in [2.24, 2.45) is 0 Å². The molecule has 0 fully saturated rings. The van der Waals surface area contributed by atoms with Gasteiger partial charge in [-0.1, -0.05) is 89.5 Å². The standard InChI is InChI=1S/C9H21NO2.C8H19NO.C7H17NO2.C7H17NO.C6H15NO3.C6H15NO.C5H13NO2.C4H11NO2/c1-4-6-10(7-5-2)9(12)8(3)11;1-4-7-8(10)9(5-2)6-3;1-4-8(5-2)7(10)6(3)9;1-4-7(9)8(5-2)6-3;8-4-1-7(2-5-9)3-6-10;1-4-7(5-2)6(3)8;1-4(7)5(8)6(2)3;6-3-1-5-2-4-7/h8-9,11-12H,4-7H2,1-3H3;8,10H,4-7H2,1-3H3;6-7,9-10H,4-5H2,1-3H3;7,9H,4-6H2,1-3H3;8-10H,1-6H2;6,8H,4-5H2,1-3H3;4-5,7-8H,1-3H3;5-7H,1-4H2. The van der Waals surface area contributed by atoms with Crippen LogP contribution in [0.2, 0.25) is 0 Å². The second kappa shape index (κ2) is 68.2. The Labute approximate surface area is 453 Å². The van der Waals surface area contributed by atoms with Gasteiger partial charge in [0.05, 0.1) is 51.3 Å². The third-order valence-corrected chi connectivity index (χ3v) is 11.0. The molecule has 0 aliphatic carbocycles. The van der Waals surface area contributed by atoms with E-state index in [1.54, 1.807) is 56.5 Å². The van der Waals surface area contributed by atoms with Gasteiger partial charge in [0, 0.05) is 45.8 Å². The van der Waals surface area contributed by atoms with Crippen LogP contribution in [-0.2, 0) is 0 Å². The van der Waals surface area contributed by atoms with E-state index < -0.39 is 37.0 Å². The molecule has 15 N–H and O–H groups in total. The maximum atomic E-state index is 9.52. The third-order valence-electron chi connectivity index (χ3n) is 11.0. The Balaban J connectivity index is -0.000000113. The smallest absolute Gasteiger partial charge is 0.133 e. The van der Waals surface area contributed by atoms with Crippen LogP contribution in [0.3, 0.4) is 0 Å². The summed E-state index contributed by atoms with van der Waals surface area (Å²) in [4.78, 5) is 13.1. The molecule has 0 heterocycles. The summed E-state index contributed by atoms with van der Waals surface area (Å²) in [7, 11) is 3.41. The summed E-state index contributed by atoms with van der Waals surface area (Å²) < 4.78 is 0. The predicted molar refractivity (Wildman–Crippen MR) is 304 cm³/mol. The molecule has 22 nitrogen and oxygen atoms in total. The van der Waals surface area contributed by atoms with Gasteiger partial charge in [0.1, 0.15) is 37.4 Å². The Kier molecular flexibility index (Phi) is 82.7. The number of nitrogens with zero attached hydrogens (tertiary/aromatic N) is 7. The van der Waals surface area contributed by atoms with Gasteiger partial charge in [-0.15, -0.1) is 0 Å². The average Bonchev–Trinajstić information content (AvgIpc) is 3.36. The van der Waals surface area contributed by atoms with Crippen molar-refractivity contribution in [2.45, 2.75) is 199 Å². The molecular formula is C52H128N8O14. The lowest BCUT2D eigenvalue weighted by Crippen LogP contribution is -2.43. The van der Waals surface area contributed by atoms with Crippen LogP contribution in [0, 0.1) is 0 Å². The number of aliphatic hydroxyl groups is 14. The molecule has 22 heteroatoms. The number of nitrogens with one attached hydrogen (secondary N) is 1. The molecule has 0 aliphatic heterocycles. The Morgan fingerprint density at radius 3 is 0.824 bits per heavy atom. The second-order valence-electron chi connectivity index (χ2n) is 17.3. The number of aliphatic hydroxyl groups excluding tert-OH is 14. The van der Waals surface area contributed by atoms with E-state index in [0.29, 0.717) is 32.7 Å². The molecule has 460 valence electrons. The number of likely N-dealkylation sites (N-methyl/N-ethyl adjacent to an activating group) is 2. The monoisotopic (exact) mass is 1090 g/mol. The second-order valence-corrected chi connectivity index (χ2v) is 17.3. The molecule has 0 aromatic rings. The Morgan fingerprint density at radius 2 is 0.662 bits per heavy atom. The van der Waals surface area contributed by atoms with Crippen molar-refractivity contribution >= 4 is 0 Å². The molecule has 0 aliphatic rings. The number of rotatable bonds is 34. The Morgan fingerprint density at radius 1 is 0.351 bits per heavy atom. The fourth-order valence-corrected chi connectivity index (χ4v) is 6.37. The van der Waals surface area contributed by atoms with E-state index in [4.69, 9.17) is 51.1 Å². The lowest BCUT2D eigenvalue weighted by molar-refractivity contribution is -0.0755. The quantitative estimate of drug-likeness (QED) is 0.0300. The molecule has 0 aromatic carbocycles. The van der Waals surface area contributed by atoms with Gasteiger partial charge >= 0.3 is 0 Å². The Hall–Kier alpha value is -0.880. The topological polar surface area (TPSA) is 318 Å². The van der Waals surface area contributed by atoms with Crippen LogP contribution in [0.25, 0.3) is 0 Å². The molecular weight excluding hydrogens is 961 g/mol. The average molecular weight is 1090 g/mol. The van der Waals surface area contributed by atoms with Gasteiger partial charge in [0.15, 0.2) is 0 Å². The van der Waals surface area contributed by atoms with Gasteiger partial charge in [-0.05, 0) is 120 Å². The van der Waals surface area contributed by atoms with Crippen molar-refractivity contribution in [3.05, 3.63) is 0 Å². The minimum absolute atomic E-state index is 0.0694. The van der Waals surface area contributed by atoms with Crippen LogP contribution in [0.4, 0.5) is 0 Å². The fraction of sp³-hybridized carbons (Fsp3) is 1.00. The molecule has 0 spiro atoms. The molecule has 0 radical (unpaired) electrons. The van der Waals surface area contributed by atoms with Crippen LogP contribution in [-0.4, -0.2) is 307 Å². The SMILES string of the molecule is CC(O)C(O)N(C)C.CCC(O)N(CC)CC.CCCC(O)N(CC)CC.CCCN(CCC)C(O)C(C)O.CCN(CC)C(C)O.CCN(CC)C(O)C(C)O.OCCN(CCO)CCO.OCCNCCO. The lowest BCUT2D eigenvalue weighted by atomic mass is 10.2. The van der Waals surface area contributed by atoms with Gasteiger partial charge in [0.2, 0.25) is 0 Å². The molecule has 0 amide bonds. The summed E-state index contributed by atoms with van der Waals surface area (Å²) >= 11 is 0. The van der Waals surface area contributed by atoms with Gasteiger partial charge in [-0.2, -0.15) is 0 Å². The molecule has 74 heavy (non-hydrogen) atoms. The minimum atomic E-state index is -0.741. The van der Waals surface area contributed by atoms with Crippen molar-refractivity contribution in [1.82, 2.24) is 39.6 Å². The largest absolute Gasteiger partial charge is 0.395 e. The maximum absolute atomic E-state index is 9.52. The van der Waals surface area contributed by atoms with Crippen LogP contribution in [0.1, 0.15) is 143 Å². The molecule has 9 atom stereocenters. The summed E-state index contributed by atoms with van der Waals surface area (Å²) in [6.07, 6.45) is -0.137. The van der Waals surface area contributed by atoms with Crippen molar-refractivity contribution in [3.63, 3.8) is 0 Å². The zero-order valence-electron chi connectivity index (χ0n) is 50.8. The summed E-state index contributed by atoms with van der Waals surface area (Å²) in [5.74, 6) is 0. The highest BCUT2D eigenvalue weighted by Gasteiger charge is 2.19. The van der Waals surface area contributed by atoms with E-state index in [1.807, 2.05) is 49.3 Å². The van der Waals surface area contributed by atoms with E-state index in [0.717, 1.165) is 97.6 Å². The van der Waals surface area contributed by atoms with Gasteiger partial charge in [-0.25, -0.2) is 0 Å². The highest BCUT2D eigenvalue weighted by atomic mass is 16.4. The van der Waals surface area contributed by atoms with Crippen molar-refractivity contribution in [1.29, 1.82) is 0 Å². The first-order valence-electron chi connectivity index (χ1n) is 27.8. The number of hydrogen-bond acceptors (Lipinski definition) is 22. The first kappa shape index (κ1) is 89.7. The lowest BCUT2D eigenvalue weighted by Gasteiger charge is -2.28. The van der Waals surface area contributed by atoms with E-state index >= 15 is 0 Å². The Bertz CT molecular complexity index is 932. The highest BCUT2D eigenvalue weighted by molar-refractivity contribution is 4.66. The third kappa shape index (κ3) is 62.0. The van der Waals surface area contributed by atoms with Crippen LogP contribution in [0.15, 0.2) is 0 Å². The molecule has 0 rings (SSSR count). The highest BCUT2D eigenvalue weighted by Crippen LogP contribution is 2.05. The van der Waals surface area contributed by atoms with Crippen LogP contribution < -0.4 is 5.32 Å². The van der Waals surface area contributed by atoms with Gasteiger partial charge in [-0.3, -0.25) is 34.3 Å². The van der Waals surface area contributed by atoms with Crippen molar-refractivity contribution in [2.75, 3.05) is 145 Å². The first-order chi connectivity index (χ1) is 34.8. The maximum Gasteiger partial charge on any atom is 0.133 e. The van der Waals surface area contributed by atoms with Crippen molar-refractivity contribution in [3.8, 4) is 0 Å². The van der Waals surface area contributed by atoms with Gasteiger partial charge in [0.25, 0.3) is 0 Å². The molecule has 0 bridgehead atoms. The van der Waals surface area contributed by atoms with E-state index in [-0.39, 0.29) is 51.7 Å². The number of hydrogen-bond donors (Lipinski definition) is 15. The summed E-state index contributed by atoms with van der Waals surface area (Å²) in [6.45, 7) is 43.0. The van der Waals surface area contributed by atoms with E-state index in [2.05, 4.69) is 58.7 Å². The van der Waals surface area contributed by atoms with E-state index in [1.165, 1.54) is 0 Å². The first-order valence-corrected chi connectivity index (χ1v) is 27.8. The summed E-state index contributed by atoms with van der Waals surface area (Å²) in [5, 5.41) is 127. The minimum Gasteiger partial charge on any atom is -0.395 e. The fourth-order valence-electron chi connectivity index (χ4n) is 6.37. The zero-order chi connectivity index (χ0) is 59.6. The normalized spacial score (nSPS) is 14.6. The summed E-state index contributed by atoms with van der Waals surface area (Å²) in [5.41, 5.74) is 0. The van der Waals surface area contributed by atoms with Gasteiger partial charge < -0.3 is 76.8 Å². The van der Waals surface area contributed by atoms with Crippen LogP contribution >= 0.6 is 0 Å². The molecule has 0 aromatic heterocycles. The predicted octanol–water partition coefficient (Wildman–Crippen LogP) is 0.0779. The van der Waals surface area contributed by atoms with Crippen molar-refractivity contribution < 1.29 is 71.5 Å². The molecule has 9 unspecified atom stereocenters. The zero-order valence-corrected chi connectivity index (χ0v) is 50.8. The summed E-state index contributed by atoms with van der Waals surface area (Å²) in [6, 6.07) is 0. The van der Waals surface area contributed by atoms with Crippen LogP contribution in [0.5, 0.6) is 0 Å². The molecule has 0 saturated carbocycles.